The van der Waals surface area contributed by atoms with E-state index < -0.39 is 0 Å². The predicted molar refractivity (Wildman–Crippen MR) is 59.8 cm³/mol. The molecule has 0 unspecified atom stereocenters. The monoisotopic (exact) mass is 186 g/mol. The summed E-state index contributed by atoms with van der Waals surface area (Å²) in [5, 5.41) is 3.41. The second-order valence-electron chi connectivity index (χ2n) is 4.78. The summed E-state index contributed by atoms with van der Waals surface area (Å²) in [6, 6.07) is 0.375. The van der Waals surface area contributed by atoms with Crippen molar-refractivity contribution in [2.24, 2.45) is 17.6 Å². The van der Waals surface area contributed by atoms with E-state index in [1.807, 2.05) is 0 Å². The van der Waals surface area contributed by atoms with Gasteiger partial charge in [-0.2, -0.15) is 0 Å². The van der Waals surface area contributed by atoms with Gasteiger partial charge in [0.1, 0.15) is 0 Å². The normalized spacial score (nSPS) is 14.1. The van der Waals surface area contributed by atoms with Gasteiger partial charge in [-0.3, -0.25) is 0 Å². The van der Waals surface area contributed by atoms with Crippen LogP contribution in [0, 0.1) is 11.8 Å². The Balaban J connectivity index is 3.22. The van der Waals surface area contributed by atoms with Gasteiger partial charge in [0.15, 0.2) is 0 Å². The van der Waals surface area contributed by atoms with Crippen LogP contribution in [0.15, 0.2) is 0 Å². The Morgan fingerprint density at radius 2 is 1.69 bits per heavy atom. The maximum atomic E-state index is 5.95. The van der Waals surface area contributed by atoms with E-state index in [4.69, 9.17) is 5.73 Å². The Morgan fingerprint density at radius 1 is 1.08 bits per heavy atom. The van der Waals surface area contributed by atoms with E-state index in [9.17, 15) is 0 Å². The molecule has 0 radical (unpaired) electrons. The molecule has 0 bridgehead atoms. The Morgan fingerprint density at radius 3 is 2.15 bits per heavy atom. The molecule has 2 nitrogen and oxygen atoms in total. The third kappa shape index (κ3) is 9.84. The van der Waals surface area contributed by atoms with E-state index in [0.717, 1.165) is 37.8 Å². The SMILES string of the molecule is CC(C)CNCC[C@H](N)CC(C)C. The van der Waals surface area contributed by atoms with Gasteiger partial charge in [0.2, 0.25) is 0 Å². The number of hydrogen-bond donors (Lipinski definition) is 2. The van der Waals surface area contributed by atoms with Gasteiger partial charge in [0.05, 0.1) is 0 Å². The molecule has 0 aliphatic carbocycles. The Kier molecular flexibility index (Phi) is 7.29. The van der Waals surface area contributed by atoms with E-state index in [1.165, 1.54) is 0 Å². The summed E-state index contributed by atoms with van der Waals surface area (Å²) in [7, 11) is 0. The standard InChI is InChI=1S/C11H26N2/c1-9(2)7-11(12)5-6-13-8-10(3)4/h9-11,13H,5-8,12H2,1-4H3/t11-/m0/s1. The quantitative estimate of drug-likeness (QED) is 0.597. The highest BCUT2D eigenvalue weighted by Crippen LogP contribution is 2.04. The summed E-state index contributed by atoms with van der Waals surface area (Å²) in [6.07, 6.45) is 2.24. The van der Waals surface area contributed by atoms with Crippen molar-refractivity contribution in [3.8, 4) is 0 Å². The van der Waals surface area contributed by atoms with Crippen molar-refractivity contribution in [2.45, 2.75) is 46.6 Å². The number of hydrogen-bond acceptors (Lipinski definition) is 2. The molecular weight excluding hydrogens is 160 g/mol. The van der Waals surface area contributed by atoms with Crippen molar-refractivity contribution in [2.75, 3.05) is 13.1 Å². The molecule has 0 aromatic rings. The number of nitrogens with two attached hydrogens (primary N) is 1. The summed E-state index contributed by atoms with van der Waals surface area (Å²) in [6.45, 7) is 11.1. The molecule has 0 rings (SSSR count). The first-order valence-corrected chi connectivity index (χ1v) is 5.48. The molecule has 3 N–H and O–H groups in total. The van der Waals surface area contributed by atoms with Crippen molar-refractivity contribution in [1.29, 1.82) is 0 Å². The summed E-state index contributed by atoms with van der Waals surface area (Å²) < 4.78 is 0. The molecule has 1 atom stereocenters. The Hall–Kier alpha value is -0.0800. The van der Waals surface area contributed by atoms with Crippen LogP contribution in [0.3, 0.4) is 0 Å². The molecule has 0 aliphatic heterocycles. The average Bonchev–Trinajstić information content (AvgIpc) is 1.96. The molecule has 2 heteroatoms. The van der Waals surface area contributed by atoms with Crippen molar-refractivity contribution < 1.29 is 0 Å². The van der Waals surface area contributed by atoms with E-state index in [-0.39, 0.29) is 0 Å². The number of nitrogens with one attached hydrogen (secondary N) is 1. The third-order valence-electron chi connectivity index (χ3n) is 2.02. The molecule has 0 aromatic carbocycles. The third-order valence-corrected chi connectivity index (χ3v) is 2.02. The van der Waals surface area contributed by atoms with Crippen LogP contribution in [0.2, 0.25) is 0 Å². The minimum Gasteiger partial charge on any atom is -0.328 e. The van der Waals surface area contributed by atoms with Gasteiger partial charge in [-0.15, -0.1) is 0 Å². The van der Waals surface area contributed by atoms with Gasteiger partial charge in [-0.25, -0.2) is 0 Å². The lowest BCUT2D eigenvalue weighted by atomic mass is 10.0. The van der Waals surface area contributed by atoms with E-state index in [1.54, 1.807) is 0 Å². The first kappa shape index (κ1) is 12.9. The summed E-state index contributed by atoms with van der Waals surface area (Å²) >= 11 is 0. The zero-order valence-corrected chi connectivity index (χ0v) is 9.64. The van der Waals surface area contributed by atoms with Crippen molar-refractivity contribution in [3.05, 3.63) is 0 Å². The summed E-state index contributed by atoms with van der Waals surface area (Å²) in [4.78, 5) is 0. The van der Waals surface area contributed by atoms with Crippen LogP contribution in [-0.4, -0.2) is 19.1 Å². The largest absolute Gasteiger partial charge is 0.328 e. The molecule has 0 spiro atoms. The first-order valence-electron chi connectivity index (χ1n) is 5.48. The van der Waals surface area contributed by atoms with Crippen LogP contribution in [0.5, 0.6) is 0 Å². The number of rotatable bonds is 7. The fourth-order valence-corrected chi connectivity index (χ4v) is 1.40. The van der Waals surface area contributed by atoms with Crippen molar-refractivity contribution in [3.63, 3.8) is 0 Å². The fraction of sp³-hybridized carbons (Fsp3) is 1.00. The van der Waals surface area contributed by atoms with E-state index in [2.05, 4.69) is 33.0 Å². The van der Waals surface area contributed by atoms with Gasteiger partial charge < -0.3 is 11.1 Å². The molecule has 80 valence electrons. The topological polar surface area (TPSA) is 38.0 Å². The maximum Gasteiger partial charge on any atom is 0.00533 e. The van der Waals surface area contributed by atoms with Gasteiger partial charge in [0.25, 0.3) is 0 Å². The minimum atomic E-state index is 0.375. The zero-order chi connectivity index (χ0) is 10.3. The maximum absolute atomic E-state index is 5.95. The highest BCUT2D eigenvalue weighted by molar-refractivity contribution is 4.65. The van der Waals surface area contributed by atoms with Gasteiger partial charge in [0, 0.05) is 6.04 Å². The molecule has 0 aromatic heterocycles. The zero-order valence-electron chi connectivity index (χ0n) is 9.64. The predicted octanol–water partition coefficient (Wildman–Crippen LogP) is 2.00. The van der Waals surface area contributed by atoms with Crippen molar-refractivity contribution >= 4 is 0 Å². The second kappa shape index (κ2) is 7.34. The summed E-state index contributed by atoms with van der Waals surface area (Å²) in [5.74, 6) is 1.46. The van der Waals surface area contributed by atoms with Gasteiger partial charge in [-0.1, -0.05) is 27.7 Å². The second-order valence-corrected chi connectivity index (χ2v) is 4.78. The molecular formula is C11H26N2. The lowest BCUT2D eigenvalue weighted by molar-refractivity contribution is 0.450. The van der Waals surface area contributed by atoms with Crippen molar-refractivity contribution in [1.82, 2.24) is 5.32 Å². The first-order chi connectivity index (χ1) is 6.02. The molecule has 13 heavy (non-hydrogen) atoms. The molecule has 0 heterocycles. The molecule has 0 aliphatic rings. The lowest BCUT2D eigenvalue weighted by Crippen LogP contribution is -2.29. The van der Waals surface area contributed by atoms with Crippen LogP contribution in [0.4, 0.5) is 0 Å². The average molecular weight is 186 g/mol. The molecule has 0 saturated carbocycles. The van der Waals surface area contributed by atoms with Gasteiger partial charge >= 0.3 is 0 Å². The van der Waals surface area contributed by atoms with Crippen LogP contribution >= 0.6 is 0 Å². The Labute approximate surface area is 83.3 Å². The van der Waals surface area contributed by atoms with Crippen LogP contribution < -0.4 is 11.1 Å². The van der Waals surface area contributed by atoms with Crippen LogP contribution in [0.1, 0.15) is 40.5 Å². The Bertz CT molecular complexity index is 111. The van der Waals surface area contributed by atoms with E-state index in [0.29, 0.717) is 6.04 Å². The van der Waals surface area contributed by atoms with Crippen LogP contribution in [0.25, 0.3) is 0 Å². The molecule has 0 fully saturated rings. The van der Waals surface area contributed by atoms with E-state index >= 15 is 0 Å². The molecule has 0 saturated heterocycles. The highest BCUT2D eigenvalue weighted by Gasteiger charge is 2.04. The smallest absolute Gasteiger partial charge is 0.00533 e. The molecule has 0 amide bonds. The van der Waals surface area contributed by atoms with Crippen LogP contribution in [-0.2, 0) is 0 Å². The van der Waals surface area contributed by atoms with Gasteiger partial charge in [-0.05, 0) is 37.8 Å². The lowest BCUT2D eigenvalue weighted by Gasteiger charge is -2.14. The summed E-state index contributed by atoms with van der Waals surface area (Å²) in [5.41, 5.74) is 5.95. The minimum absolute atomic E-state index is 0.375. The highest BCUT2D eigenvalue weighted by atomic mass is 14.9. The fourth-order valence-electron chi connectivity index (χ4n) is 1.40.